The maximum Gasteiger partial charge on any atom is 0.411 e. The lowest BCUT2D eigenvalue weighted by molar-refractivity contribution is 0.0993. The van der Waals surface area contributed by atoms with Crippen molar-refractivity contribution in [3.05, 3.63) is 173 Å². The van der Waals surface area contributed by atoms with Crippen molar-refractivity contribution in [2.45, 2.75) is 24.2 Å². The van der Waals surface area contributed by atoms with E-state index in [0.29, 0.717) is 32.0 Å². The number of fused-ring (bicyclic) bond motifs is 6. The van der Waals surface area contributed by atoms with Crippen LogP contribution in [0.2, 0.25) is 0 Å². The molecule has 10 aromatic rings. The fraction of sp³-hybridized carbons (Fsp3) is 0.0784. The topological polar surface area (TPSA) is 148 Å². The second-order valence-corrected chi connectivity index (χ2v) is 20.2. The molecule has 0 unspecified atom stereocenters. The van der Waals surface area contributed by atoms with Crippen LogP contribution in [0.25, 0.3) is 73.5 Å². The predicted octanol–water partition coefficient (Wildman–Crippen LogP) is 12.9. The number of benzene rings is 7. The quantitative estimate of drug-likeness (QED) is 0.101. The molecule has 0 fully saturated rings. The van der Waals surface area contributed by atoms with E-state index in [2.05, 4.69) is 34.6 Å². The van der Waals surface area contributed by atoms with Crippen LogP contribution in [0, 0.1) is 6.92 Å². The molecule has 0 radical (unpaired) electrons. The molecule has 0 atom stereocenters. The normalized spacial score (nSPS) is 12.5. The fourth-order valence-corrected chi connectivity index (χ4v) is 12.7. The van der Waals surface area contributed by atoms with Crippen molar-refractivity contribution in [3.8, 4) is 42.8 Å². The highest BCUT2D eigenvalue weighted by molar-refractivity contribution is 7.86. The van der Waals surface area contributed by atoms with Gasteiger partial charge in [0, 0.05) is 40.3 Å². The van der Waals surface area contributed by atoms with Crippen LogP contribution in [0.4, 0.5) is 10.5 Å². The van der Waals surface area contributed by atoms with Crippen LogP contribution in [0.5, 0.6) is 0 Å². The average molecular weight is 927 g/mol. The molecule has 3 heterocycles. The maximum atomic E-state index is 13.5. The SMILES string of the molecule is Cc1ccc2nc(-c3ccc4nc(-c5ccc(CC(=O)c6ccc7nc(-c8ccc(NC(=O)OCC9c%10ccccc%10-c%10ccccc%109)cc8)sc7c6)cc5)sc4c3)sc2c1S(=O)(=O)O. The Hall–Kier alpha value is -6.94. The Labute approximate surface area is 384 Å². The number of nitrogens with one attached hydrogen (secondary N) is 1. The standard InChI is InChI=1S/C51H34N4O6S4/c1-28-10-21-42-46(47(28)65(58,59)60)64-50(55-42)33-18-23-41-45(26-33)63-48(54-41)30-13-11-29(12-14-30)24-43(56)32-17-22-40-44(25-32)62-49(53-40)31-15-19-34(20-16-31)52-51(57)61-27-39-37-8-4-2-6-35(37)36-7-3-5-9-38(36)39/h2-23,25-26,39H,24,27H2,1H3,(H,52,57)(H,58,59,60). The van der Waals surface area contributed by atoms with Gasteiger partial charge in [0.15, 0.2) is 5.78 Å². The Balaban J connectivity index is 0.727. The summed E-state index contributed by atoms with van der Waals surface area (Å²) in [4.78, 5) is 40.7. The number of aryl methyl sites for hydroxylation is 1. The molecule has 0 saturated carbocycles. The van der Waals surface area contributed by atoms with Crippen LogP contribution >= 0.6 is 34.0 Å². The molecule has 11 rings (SSSR count). The molecule has 65 heavy (non-hydrogen) atoms. The number of anilines is 1. The third kappa shape index (κ3) is 7.79. The molecule has 0 saturated heterocycles. The Bertz CT molecular complexity index is 3610. The van der Waals surface area contributed by atoms with Crippen LogP contribution in [0.1, 0.15) is 38.5 Å². The number of aromatic nitrogens is 3. The number of amides is 1. The molecule has 2 N–H and O–H groups in total. The zero-order valence-electron chi connectivity index (χ0n) is 34.3. The van der Waals surface area contributed by atoms with Gasteiger partial charge in [0.25, 0.3) is 10.1 Å². The first-order chi connectivity index (χ1) is 31.5. The number of hydrogen-bond donors (Lipinski definition) is 2. The zero-order chi connectivity index (χ0) is 44.4. The molecule has 1 aliphatic carbocycles. The molecule has 14 heteroatoms. The lowest BCUT2D eigenvalue weighted by atomic mass is 9.98. The van der Waals surface area contributed by atoms with Gasteiger partial charge in [-0.15, -0.1) is 34.0 Å². The van der Waals surface area contributed by atoms with Crippen molar-refractivity contribution >= 4 is 92.3 Å². The summed E-state index contributed by atoms with van der Waals surface area (Å²) in [5.41, 5.74) is 12.0. The highest BCUT2D eigenvalue weighted by Gasteiger charge is 2.29. The van der Waals surface area contributed by atoms with E-state index in [-0.39, 0.29) is 29.6 Å². The highest BCUT2D eigenvalue weighted by Crippen LogP contribution is 2.45. The summed E-state index contributed by atoms with van der Waals surface area (Å²) in [6.07, 6.45) is -0.280. The van der Waals surface area contributed by atoms with E-state index in [9.17, 15) is 22.6 Å². The fourth-order valence-electron chi connectivity index (χ4n) is 8.41. The summed E-state index contributed by atoms with van der Waals surface area (Å²) >= 11 is 4.27. The van der Waals surface area contributed by atoms with Crippen LogP contribution in [0.3, 0.4) is 0 Å². The van der Waals surface area contributed by atoms with E-state index >= 15 is 0 Å². The van der Waals surface area contributed by atoms with Gasteiger partial charge in [0.1, 0.15) is 26.5 Å². The molecule has 318 valence electrons. The van der Waals surface area contributed by atoms with Gasteiger partial charge >= 0.3 is 6.09 Å². The smallest absolute Gasteiger partial charge is 0.411 e. The van der Waals surface area contributed by atoms with Gasteiger partial charge in [-0.25, -0.2) is 19.7 Å². The monoisotopic (exact) mass is 926 g/mol. The molecule has 10 nitrogen and oxygen atoms in total. The van der Waals surface area contributed by atoms with Crippen LogP contribution in [-0.2, 0) is 21.3 Å². The summed E-state index contributed by atoms with van der Waals surface area (Å²) in [6, 6.07) is 46.7. The van der Waals surface area contributed by atoms with Crippen molar-refractivity contribution in [1.29, 1.82) is 0 Å². The molecule has 7 aromatic carbocycles. The molecule has 0 aliphatic heterocycles. The Morgan fingerprint density at radius 2 is 1.20 bits per heavy atom. The van der Waals surface area contributed by atoms with Crippen LogP contribution in [-0.4, -0.2) is 46.4 Å². The van der Waals surface area contributed by atoms with E-state index in [1.807, 2.05) is 109 Å². The highest BCUT2D eigenvalue weighted by atomic mass is 32.2. The number of ketones is 1. The van der Waals surface area contributed by atoms with Gasteiger partial charge in [-0.2, -0.15) is 8.42 Å². The Morgan fingerprint density at radius 1 is 0.646 bits per heavy atom. The van der Waals surface area contributed by atoms with Crippen LogP contribution < -0.4 is 5.32 Å². The molecule has 1 aliphatic rings. The summed E-state index contributed by atoms with van der Waals surface area (Å²) in [5.74, 6) is -0.0208. The molecule has 1 amide bonds. The number of nitrogens with zero attached hydrogens (tertiary/aromatic N) is 3. The second-order valence-electron chi connectivity index (χ2n) is 15.8. The molecular formula is C51H34N4O6S4. The first-order valence-corrected chi connectivity index (χ1v) is 24.5. The Morgan fingerprint density at radius 3 is 1.86 bits per heavy atom. The first kappa shape index (κ1) is 40.8. The van der Waals surface area contributed by atoms with Crippen molar-refractivity contribution in [2.75, 3.05) is 11.9 Å². The summed E-state index contributed by atoms with van der Waals surface area (Å²) in [7, 11) is -4.42. The van der Waals surface area contributed by atoms with Gasteiger partial charge in [0.05, 0.1) is 30.6 Å². The lowest BCUT2D eigenvalue weighted by Gasteiger charge is -2.14. The minimum atomic E-state index is -4.42. The predicted molar refractivity (Wildman–Crippen MR) is 260 cm³/mol. The van der Waals surface area contributed by atoms with Crippen LogP contribution in [0.15, 0.2) is 150 Å². The zero-order valence-corrected chi connectivity index (χ0v) is 37.6. The number of carbonyl (C=O) groups is 2. The van der Waals surface area contributed by atoms with Gasteiger partial charge in [-0.3, -0.25) is 14.7 Å². The minimum absolute atomic E-state index is 0.000467. The lowest BCUT2D eigenvalue weighted by Crippen LogP contribution is -2.17. The largest absolute Gasteiger partial charge is 0.448 e. The van der Waals surface area contributed by atoms with Gasteiger partial charge < -0.3 is 4.74 Å². The molecule has 0 bridgehead atoms. The van der Waals surface area contributed by atoms with Gasteiger partial charge in [-0.1, -0.05) is 78.9 Å². The van der Waals surface area contributed by atoms with E-state index in [0.717, 1.165) is 63.8 Å². The van der Waals surface area contributed by atoms with Gasteiger partial charge in [0.2, 0.25) is 0 Å². The summed E-state index contributed by atoms with van der Waals surface area (Å²) < 4.78 is 42.2. The third-order valence-electron chi connectivity index (χ3n) is 11.6. The number of rotatable bonds is 10. The van der Waals surface area contributed by atoms with Crippen molar-refractivity contribution in [2.24, 2.45) is 0 Å². The Kier molecular flexibility index (Phi) is 10.2. The number of ether oxygens (including phenoxy) is 1. The number of carbonyl (C=O) groups excluding carboxylic acids is 2. The first-order valence-electron chi connectivity index (χ1n) is 20.6. The molecule has 0 spiro atoms. The summed E-state index contributed by atoms with van der Waals surface area (Å²) in [6.45, 7) is 1.88. The van der Waals surface area contributed by atoms with Crippen molar-refractivity contribution < 1.29 is 27.3 Å². The molecular weight excluding hydrogens is 893 g/mol. The summed E-state index contributed by atoms with van der Waals surface area (Å²) in [5, 5.41) is 5.13. The minimum Gasteiger partial charge on any atom is -0.448 e. The van der Waals surface area contributed by atoms with E-state index in [1.54, 1.807) is 19.1 Å². The maximum absolute atomic E-state index is 13.5. The van der Waals surface area contributed by atoms with Gasteiger partial charge in [-0.05, 0) is 107 Å². The second kappa shape index (κ2) is 16.2. The van der Waals surface area contributed by atoms with E-state index in [1.165, 1.54) is 45.1 Å². The number of thiazole rings is 3. The number of hydrogen-bond acceptors (Lipinski definition) is 11. The van der Waals surface area contributed by atoms with E-state index < -0.39 is 16.2 Å². The number of Topliss-reactive ketones (excluding diaryl/α,β-unsaturated/α-hetero) is 1. The average Bonchev–Trinajstić information content (AvgIpc) is 4.11. The molecule has 3 aromatic heterocycles. The van der Waals surface area contributed by atoms with Crippen molar-refractivity contribution in [3.63, 3.8) is 0 Å². The van der Waals surface area contributed by atoms with E-state index in [4.69, 9.17) is 14.7 Å². The third-order valence-corrected chi connectivity index (χ3v) is 16.0. The van der Waals surface area contributed by atoms with Crippen molar-refractivity contribution in [1.82, 2.24) is 15.0 Å².